The molecule has 1 aromatic carbocycles. The van der Waals surface area contributed by atoms with Crippen LogP contribution in [0.15, 0.2) is 39.2 Å². The molecule has 0 aliphatic carbocycles. The fourth-order valence-corrected chi connectivity index (χ4v) is 2.07. The molecule has 0 unspecified atom stereocenters. The molecule has 2 aromatic rings. The van der Waals surface area contributed by atoms with Gasteiger partial charge >= 0.3 is 0 Å². The minimum Gasteiger partial charge on any atom is -0.481 e. The van der Waals surface area contributed by atoms with Gasteiger partial charge < -0.3 is 14.1 Å². The van der Waals surface area contributed by atoms with E-state index in [1.807, 2.05) is 19.1 Å². The number of hydrogen-bond donors (Lipinski definition) is 0. The molecule has 0 saturated carbocycles. The Morgan fingerprint density at radius 3 is 2.76 bits per heavy atom. The first-order valence-electron chi connectivity index (χ1n) is 6.33. The van der Waals surface area contributed by atoms with Crippen LogP contribution in [0.3, 0.4) is 0 Å². The Hall–Kier alpha value is -1.82. The zero-order valence-electron chi connectivity index (χ0n) is 11.7. The molecule has 0 saturated heterocycles. The van der Waals surface area contributed by atoms with Gasteiger partial charge in [0.25, 0.3) is 5.91 Å². The van der Waals surface area contributed by atoms with Gasteiger partial charge in [-0.3, -0.25) is 4.79 Å². The second kappa shape index (κ2) is 6.76. The molecule has 1 amide bonds. The van der Waals surface area contributed by atoms with Crippen LogP contribution < -0.4 is 4.74 Å². The fourth-order valence-electron chi connectivity index (χ4n) is 1.73. The highest BCUT2D eigenvalue weighted by molar-refractivity contribution is 9.10. The van der Waals surface area contributed by atoms with E-state index in [1.54, 1.807) is 13.1 Å². The van der Waals surface area contributed by atoms with Gasteiger partial charge in [0.2, 0.25) is 0 Å². The van der Waals surface area contributed by atoms with E-state index in [0.29, 0.717) is 16.8 Å². The van der Waals surface area contributed by atoms with Crippen LogP contribution in [-0.2, 0) is 11.3 Å². The number of amides is 1. The molecule has 0 radical (unpaired) electrons. The summed E-state index contributed by atoms with van der Waals surface area (Å²) in [4.78, 5) is 13.4. The van der Waals surface area contributed by atoms with Crippen molar-refractivity contribution in [3.8, 4) is 5.75 Å². The summed E-state index contributed by atoms with van der Waals surface area (Å²) in [6.45, 7) is 1.96. The molecular formula is C15H15BrFNO3. The average molecular weight is 356 g/mol. The van der Waals surface area contributed by atoms with Crippen LogP contribution >= 0.6 is 15.9 Å². The molecule has 112 valence electrons. The third kappa shape index (κ3) is 4.32. The largest absolute Gasteiger partial charge is 0.481 e. The molecule has 0 N–H and O–H groups in total. The number of furan rings is 1. The van der Waals surface area contributed by atoms with Crippen LogP contribution in [-0.4, -0.2) is 24.5 Å². The summed E-state index contributed by atoms with van der Waals surface area (Å²) in [7, 11) is 1.64. The van der Waals surface area contributed by atoms with Crippen molar-refractivity contribution in [3.05, 3.63) is 52.1 Å². The first-order valence-corrected chi connectivity index (χ1v) is 7.12. The highest BCUT2D eigenvalue weighted by Crippen LogP contribution is 2.21. The summed E-state index contributed by atoms with van der Waals surface area (Å²) in [5.41, 5.74) is 0. The maximum Gasteiger partial charge on any atom is 0.260 e. The molecule has 2 rings (SSSR count). The van der Waals surface area contributed by atoms with Gasteiger partial charge in [0.15, 0.2) is 18.2 Å². The third-order valence-electron chi connectivity index (χ3n) is 2.86. The zero-order valence-corrected chi connectivity index (χ0v) is 13.3. The van der Waals surface area contributed by atoms with Gasteiger partial charge in [-0.05, 0) is 37.3 Å². The van der Waals surface area contributed by atoms with E-state index >= 15 is 0 Å². The molecule has 0 aliphatic rings. The third-order valence-corrected chi connectivity index (χ3v) is 3.35. The molecule has 4 nitrogen and oxygen atoms in total. The van der Waals surface area contributed by atoms with E-state index in [1.165, 1.54) is 17.0 Å². The standard InChI is InChI=1S/C15H15BrFNO3/c1-10-3-5-12(21-10)8-18(2)15(19)9-20-14-6-4-11(16)7-13(14)17/h3-7H,8-9H2,1-2H3. The Morgan fingerprint density at radius 2 is 2.14 bits per heavy atom. The van der Waals surface area contributed by atoms with E-state index in [-0.39, 0.29) is 18.3 Å². The maximum atomic E-state index is 13.6. The molecule has 1 heterocycles. The monoisotopic (exact) mass is 355 g/mol. The number of halogens is 2. The summed E-state index contributed by atoms with van der Waals surface area (Å²) in [6.07, 6.45) is 0. The number of carbonyl (C=O) groups excluding carboxylic acids is 1. The summed E-state index contributed by atoms with van der Waals surface area (Å²) < 4.78 is 24.8. The summed E-state index contributed by atoms with van der Waals surface area (Å²) in [5.74, 6) is 0.763. The number of ether oxygens (including phenoxy) is 1. The highest BCUT2D eigenvalue weighted by atomic mass is 79.9. The average Bonchev–Trinajstić information content (AvgIpc) is 2.82. The van der Waals surface area contributed by atoms with Crippen LogP contribution in [0.25, 0.3) is 0 Å². The number of aryl methyl sites for hydroxylation is 1. The SMILES string of the molecule is Cc1ccc(CN(C)C(=O)COc2ccc(Br)cc2F)o1. The van der Waals surface area contributed by atoms with E-state index in [0.717, 1.165) is 5.76 Å². The van der Waals surface area contributed by atoms with Crippen molar-refractivity contribution in [1.29, 1.82) is 0 Å². The van der Waals surface area contributed by atoms with Gasteiger partial charge in [-0.25, -0.2) is 4.39 Å². The van der Waals surface area contributed by atoms with E-state index in [2.05, 4.69) is 15.9 Å². The van der Waals surface area contributed by atoms with Gasteiger partial charge in [-0.2, -0.15) is 0 Å². The van der Waals surface area contributed by atoms with Crippen molar-refractivity contribution >= 4 is 21.8 Å². The van der Waals surface area contributed by atoms with Crippen molar-refractivity contribution in [1.82, 2.24) is 4.90 Å². The first-order chi connectivity index (χ1) is 9.95. The second-order valence-electron chi connectivity index (χ2n) is 4.63. The van der Waals surface area contributed by atoms with Gasteiger partial charge in [0.1, 0.15) is 11.5 Å². The Bertz CT molecular complexity index is 642. The van der Waals surface area contributed by atoms with Gasteiger partial charge in [-0.1, -0.05) is 15.9 Å². The number of likely N-dealkylation sites (N-methyl/N-ethyl adjacent to an activating group) is 1. The van der Waals surface area contributed by atoms with E-state index in [4.69, 9.17) is 9.15 Å². The molecule has 0 aliphatic heterocycles. The predicted octanol–water partition coefficient (Wildman–Crippen LogP) is 3.53. The van der Waals surface area contributed by atoms with Gasteiger partial charge in [0.05, 0.1) is 6.54 Å². The van der Waals surface area contributed by atoms with Crippen molar-refractivity contribution in [2.45, 2.75) is 13.5 Å². The molecule has 1 aromatic heterocycles. The number of rotatable bonds is 5. The quantitative estimate of drug-likeness (QED) is 0.823. The lowest BCUT2D eigenvalue weighted by atomic mass is 10.3. The minimum atomic E-state index is -0.513. The molecule has 0 fully saturated rings. The Labute approximate surface area is 130 Å². The molecule has 0 atom stereocenters. The topological polar surface area (TPSA) is 42.7 Å². The van der Waals surface area contributed by atoms with Crippen LogP contribution in [0.1, 0.15) is 11.5 Å². The zero-order chi connectivity index (χ0) is 15.4. The van der Waals surface area contributed by atoms with Gasteiger partial charge in [0, 0.05) is 11.5 Å². The van der Waals surface area contributed by atoms with Crippen molar-refractivity contribution in [3.63, 3.8) is 0 Å². The lowest BCUT2D eigenvalue weighted by Crippen LogP contribution is -2.30. The van der Waals surface area contributed by atoms with Crippen molar-refractivity contribution in [2.75, 3.05) is 13.7 Å². The lowest BCUT2D eigenvalue weighted by molar-refractivity contribution is -0.132. The van der Waals surface area contributed by atoms with Crippen LogP contribution in [0, 0.1) is 12.7 Å². The fraction of sp³-hybridized carbons (Fsp3) is 0.267. The van der Waals surface area contributed by atoms with E-state index < -0.39 is 5.82 Å². The summed E-state index contributed by atoms with van der Waals surface area (Å²) in [5, 5.41) is 0. The molecule has 0 bridgehead atoms. The van der Waals surface area contributed by atoms with Crippen LogP contribution in [0.5, 0.6) is 5.75 Å². The van der Waals surface area contributed by atoms with Crippen molar-refractivity contribution in [2.24, 2.45) is 0 Å². The lowest BCUT2D eigenvalue weighted by Gasteiger charge is -2.16. The summed E-state index contributed by atoms with van der Waals surface area (Å²) >= 11 is 3.16. The highest BCUT2D eigenvalue weighted by Gasteiger charge is 2.13. The molecule has 0 spiro atoms. The normalized spacial score (nSPS) is 10.5. The van der Waals surface area contributed by atoms with E-state index in [9.17, 15) is 9.18 Å². The number of carbonyl (C=O) groups is 1. The molecule has 21 heavy (non-hydrogen) atoms. The smallest absolute Gasteiger partial charge is 0.260 e. The first kappa shape index (κ1) is 15.6. The molecular weight excluding hydrogens is 341 g/mol. The van der Waals surface area contributed by atoms with Crippen LogP contribution in [0.2, 0.25) is 0 Å². The second-order valence-corrected chi connectivity index (χ2v) is 5.54. The van der Waals surface area contributed by atoms with Crippen molar-refractivity contribution < 1.29 is 18.3 Å². The predicted molar refractivity (Wildman–Crippen MR) is 79.5 cm³/mol. The Balaban J connectivity index is 1.89. The summed E-state index contributed by atoms with van der Waals surface area (Å²) in [6, 6.07) is 8.06. The minimum absolute atomic E-state index is 0.0498. The number of benzene rings is 1. The number of nitrogens with zero attached hydrogens (tertiary/aromatic N) is 1. The van der Waals surface area contributed by atoms with Crippen LogP contribution in [0.4, 0.5) is 4.39 Å². The maximum absolute atomic E-state index is 13.6. The number of hydrogen-bond acceptors (Lipinski definition) is 3. The van der Waals surface area contributed by atoms with Gasteiger partial charge in [-0.15, -0.1) is 0 Å². The Kier molecular flexibility index (Phi) is 5.01. The molecule has 6 heteroatoms. The Morgan fingerprint density at radius 1 is 1.38 bits per heavy atom.